The number of carboxylic acid groups (broad SMARTS) is 1. The van der Waals surface area contributed by atoms with Crippen LogP contribution in [0.15, 0.2) is 24.4 Å². The Labute approximate surface area is 130 Å². The monoisotopic (exact) mass is 299 g/mol. The third kappa shape index (κ3) is 2.41. The summed E-state index contributed by atoms with van der Waals surface area (Å²) >= 11 is 0. The van der Waals surface area contributed by atoms with E-state index < -0.39 is 12.0 Å². The van der Waals surface area contributed by atoms with Gasteiger partial charge in [-0.25, -0.2) is 0 Å². The van der Waals surface area contributed by atoms with Crippen molar-refractivity contribution in [2.24, 2.45) is 7.05 Å². The Bertz CT molecular complexity index is 701. The molecule has 2 heterocycles. The normalized spacial score (nSPS) is 18.2. The second-order valence-electron chi connectivity index (χ2n) is 6.00. The number of aliphatic carboxylic acids is 1. The van der Waals surface area contributed by atoms with Crippen LogP contribution >= 0.6 is 0 Å². The number of aromatic nitrogens is 2. The molecule has 116 valence electrons. The topological polar surface area (TPSA) is 58.4 Å². The molecule has 5 heteroatoms. The molecule has 0 saturated carbocycles. The molecule has 0 saturated heterocycles. The standard InChI is InChI=1S/C17H21N3O2/c1-11-5-4-6-14-13(11)7-8-20(16(14)17(21)22)10-15-12(2)9-18-19(15)3/h4-6,9,16H,7-8,10H2,1-3H3,(H,21,22). The molecule has 0 amide bonds. The van der Waals surface area contributed by atoms with Crippen LogP contribution < -0.4 is 0 Å². The van der Waals surface area contributed by atoms with Gasteiger partial charge in [0.15, 0.2) is 0 Å². The van der Waals surface area contributed by atoms with Gasteiger partial charge in [-0.1, -0.05) is 18.2 Å². The molecule has 1 N–H and O–H groups in total. The number of hydrogen-bond acceptors (Lipinski definition) is 3. The lowest BCUT2D eigenvalue weighted by Crippen LogP contribution is -2.40. The first-order chi connectivity index (χ1) is 10.5. The van der Waals surface area contributed by atoms with Crippen LogP contribution in [0.4, 0.5) is 0 Å². The van der Waals surface area contributed by atoms with Gasteiger partial charge in [0.25, 0.3) is 0 Å². The lowest BCUT2D eigenvalue weighted by molar-refractivity contribution is -0.144. The number of carbonyl (C=O) groups is 1. The zero-order valence-corrected chi connectivity index (χ0v) is 13.2. The Kier molecular flexibility index (Phi) is 3.74. The van der Waals surface area contributed by atoms with Crippen LogP contribution in [-0.2, 0) is 24.8 Å². The predicted octanol–water partition coefficient (Wildman–Crippen LogP) is 2.22. The van der Waals surface area contributed by atoms with E-state index in [0.29, 0.717) is 6.54 Å². The van der Waals surface area contributed by atoms with Crippen LogP contribution in [0.3, 0.4) is 0 Å². The maximum absolute atomic E-state index is 11.9. The molecule has 0 radical (unpaired) electrons. The van der Waals surface area contributed by atoms with Crippen molar-refractivity contribution < 1.29 is 9.90 Å². The van der Waals surface area contributed by atoms with E-state index in [2.05, 4.69) is 18.1 Å². The number of benzene rings is 1. The zero-order chi connectivity index (χ0) is 15.9. The van der Waals surface area contributed by atoms with Gasteiger partial charge in [0.1, 0.15) is 6.04 Å². The van der Waals surface area contributed by atoms with Gasteiger partial charge in [-0.05, 0) is 42.5 Å². The lowest BCUT2D eigenvalue weighted by atomic mass is 9.89. The van der Waals surface area contributed by atoms with Crippen LogP contribution in [0.25, 0.3) is 0 Å². The van der Waals surface area contributed by atoms with Gasteiger partial charge in [-0.2, -0.15) is 5.10 Å². The average Bonchev–Trinajstić information content (AvgIpc) is 2.79. The summed E-state index contributed by atoms with van der Waals surface area (Å²) in [5.41, 5.74) is 5.47. The average molecular weight is 299 g/mol. The van der Waals surface area contributed by atoms with Gasteiger partial charge in [0, 0.05) is 20.1 Å². The van der Waals surface area contributed by atoms with E-state index in [0.717, 1.165) is 29.8 Å². The first-order valence-corrected chi connectivity index (χ1v) is 7.51. The summed E-state index contributed by atoms with van der Waals surface area (Å²) in [6.45, 7) is 5.42. The van der Waals surface area contributed by atoms with Crippen LogP contribution in [0, 0.1) is 13.8 Å². The van der Waals surface area contributed by atoms with Gasteiger partial charge in [0.2, 0.25) is 0 Å². The summed E-state index contributed by atoms with van der Waals surface area (Å²) in [6, 6.07) is 5.36. The Morgan fingerprint density at radius 3 is 2.77 bits per heavy atom. The van der Waals surface area contributed by atoms with Crippen molar-refractivity contribution in [3.8, 4) is 0 Å². The highest BCUT2D eigenvalue weighted by molar-refractivity contribution is 5.76. The second kappa shape index (κ2) is 5.57. The van der Waals surface area contributed by atoms with Gasteiger partial charge >= 0.3 is 5.97 Å². The number of fused-ring (bicyclic) bond motifs is 1. The third-order valence-electron chi connectivity index (χ3n) is 4.61. The quantitative estimate of drug-likeness (QED) is 0.944. The van der Waals surface area contributed by atoms with E-state index in [4.69, 9.17) is 0 Å². The molecule has 0 aliphatic carbocycles. The molecule has 5 nitrogen and oxygen atoms in total. The van der Waals surface area contributed by atoms with Crippen LogP contribution in [0.1, 0.15) is 34.0 Å². The molecule has 1 aliphatic rings. The predicted molar refractivity (Wildman–Crippen MR) is 83.6 cm³/mol. The largest absolute Gasteiger partial charge is 0.480 e. The van der Waals surface area contributed by atoms with Crippen molar-refractivity contribution >= 4 is 5.97 Å². The summed E-state index contributed by atoms with van der Waals surface area (Å²) in [5.74, 6) is -0.786. The highest BCUT2D eigenvalue weighted by atomic mass is 16.4. The van der Waals surface area contributed by atoms with Crippen molar-refractivity contribution in [2.45, 2.75) is 32.9 Å². The molecule has 3 rings (SSSR count). The van der Waals surface area contributed by atoms with Crippen molar-refractivity contribution in [1.82, 2.24) is 14.7 Å². The highest BCUT2D eigenvalue weighted by Crippen LogP contribution is 2.33. The van der Waals surface area contributed by atoms with Crippen molar-refractivity contribution in [3.63, 3.8) is 0 Å². The Morgan fingerprint density at radius 1 is 1.36 bits per heavy atom. The van der Waals surface area contributed by atoms with Crippen LogP contribution in [-0.4, -0.2) is 32.3 Å². The van der Waals surface area contributed by atoms with E-state index in [1.165, 1.54) is 11.1 Å². The SMILES string of the molecule is Cc1cccc2c1CCN(Cc1c(C)cnn1C)C2C(=O)O. The minimum atomic E-state index is -0.786. The third-order valence-corrected chi connectivity index (χ3v) is 4.61. The highest BCUT2D eigenvalue weighted by Gasteiger charge is 2.34. The van der Waals surface area contributed by atoms with E-state index in [-0.39, 0.29) is 0 Å². The molecule has 1 unspecified atom stereocenters. The molecule has 1 aliphatic heterocycles. The molecule has 22 heavy (non-hydrogen) atoms. The van der Waals surface area contributed by atoms with Crippen LogP contribution in [0.2, 0.25) is 0 Å². The van der Waals surface area contributed by atoms with E-state index in [1.807, 2.05) is 41.9 Å². The fourth-order valence-electron chi connectivity index (χ4n) is 3.36. The molecule has 1 atom stereocenters. The number of aryl methyl sites for hydroxylation is 3. The fourth-order valence-corrected chi connectivity index (χ4v) is 3.36. The van der Waals surface area contributed by atoms with Crippen molar-refractivity contribution in [1.29, 1.82) is 0 Å². The second-order valence-corrected chi connectivity index (χ2v) is 6.00. The van der Waals surface area contributed by atoms with E-state index >= 15 is 0 Å². The molecule has 2 aromatic rings. The molecule has 0 bridgehead atoms. The number of nitrogens with zero attached hydrogens (tertiary/aromatic N) is 3. The molecular weight excluding hydrogens is 278 g/mol. The minimum absolute atomic E-state index is 0.585. The summed E-state index contributed by atoms with van der Waals surface area (Å²) < 4.78 is 1.83. The summed E-state index contributed by atoms with van der Waals surface area (Å²) in [5, 5.41) is 14.0. The first kappa shape index (κ1) is 14.8. The smallest absolute Gasteiger partial charge is 0.325 e. The number of rotatable bonds is 3. The zero-order valence-electron chi connectivity index (χ0n) is 13.2. The van der Waals surface area contributed by atoms with Gasteiger partial charge in [-0.3, -0.25) is 14.4 Å². The van der Waals surface area contributed by atoms with Crippen LogP contribution in [0.5, 0.6) is 0 Å². The molecule has 0 fully saturated rings. The summed E-state index contributed by atoms with van der Waals surface area (Å²) in [6.07, 6.45) is 2.72. The van der Waals surface area contributed by atoms with E-state index in [1.54, 1.807) is 0 Å². The maximum atomic E-state index is 11.9. The molecule has 1 aromatic heterocycles. The number of hydrogen-bond donors (Lipinski definition) is 1. The van der Waals surface area contributed by atoms with Gasteiger partial charge < -0.3 is 5.11 Å². The Hall–Kier alpha value is -2.14. The molecule has 1 aromatic carbocycles. The van der Waals surface area contributed by atoms with Gasteiger partial charge in [-0.15, -0.1) is 0 Å². The van der Waals surface area contributed by atoms with Crippen molar-refractivity contribution in [3.05, 3.63) is 52.3 Å². The minimum Gasteiger partial charge on any atom is -0.480 e. The molecule has 0 spiro atoms. The van der Waals surface area contributed by atoms with Crippen molar-refractivity contribution in [2.75, 3.05) is 6.54 Å². The summed E-state index contributed by atoms with van der Waals surface area (Å²) in [4.78, 5) is 13.9. The van der Waals surface area contributed by atoms with E-state index in [9.17, 15) is 9.90 Å². The van der Waals surface area contributed by atoms with Gasteiger partial charge in [0.05, 0.1) is 11.9 Å². The Balaban J connectivity index is 1.98. The lowest BCUT2D eigenvalue weighted by Gasteiger charge is -2.35. The maximum Gasteiger partial charge on any atom is 0.325 e. The first-order valence-electron chi connectivity index (χ1n) is 7.51. The molecular formula is C17H21N3O2. The summed E-state index contributed by atoms with van der Waals surface area (Å²) in [7, 11) is 1.90. The fraction of sp³-hybridized carbons (Fsp3) is 0.412. The number of carboxylic acids is 1. The Morgan fingerprint density at radius 2 is 2.14 bits per heavy atom.